The average molecular weight is 358 g/mol. The van der Waals surface area contributed by atoms with E-state index in [-0.39, 0.29) is 11.6 Å². The van der Waals surface area contributed by atoms with Crippen LogP contribution >= 0.6 is 0 Å². The Morgan fingerprint density at radius 1 is 1.00 bits per heavy atom. The Bertz CT molecular complexity index is 989. The fourth-order valence-electron chi connectivity index (χ4n) is 3.04. The van der Waals surface area contributed by atoms with Crippen molar-refractivity contribution in [2.24, 2.45) is 0 Å². The molecule has 0 saturated carbocycles. The number of aromatic nitrogens is 1. The van der Waals surface area contributed by atoms with E-state index in [1.165, 1.54) is 6.26 Å². The van der Waals surface area contributed by atoms with Crippen molar-refractivity contribution in [2.45, 2.75) is 5.72 Å². The molecule has 1 aliphatic heterocycles. The van der Waals surface area contributed by atoms with Crippen molar-refractivity contribution < 1.29 is 9.53 Å². The van der Waals surface area contributed by atoms with Crippen LogP contribution in [0.3, 0.4) is 0 Å². The highest BCUT2D eigenvalue weighted by atomic mass is 16.5. The monoisotopic (exact) mass is 358 g/mol. The number of nitrogens with one attached hydrogen (secondary N) is 2. The summed E-state index contributed by atoms with van der Waals surface area (Å²) in [5.74, 6) is 0.114. The van der Waals surface area contributed by atoms with Crippen LogP contribution < -0.4 is 16.4 Å². The van der Waals surface area contributed by atoms with E-state index < -0.39 is 5.72 Å². The Balaban J connectivity index is 1.67. The van der Waals surface area contributed by atoms with Crippen LogP contribution in [0.15, 0.2) is 91.0 Å². The minimum absolute atomic E-state index is 0.285. The predicted molar refractivity (Wildman–Crippen MR) is 103 cm³/mol. The molecule has 0 saturated heterocycles. The molecule has 1 aromatic heterocycles. The van der Waals surface area contributed by atoms with Crippen LogP contribution in [0.5, 0.6) is 0 Å². The van der Waals surface area contributed by atoms with Crippen LogP contribution in [0.2, 0.25) is 0 Å². The second-order valence-corrected chi connectivity index (χ2v) is 6.08. The lowest BCUT2D eigenvalue weighted by atomic mass is 9.93. The second kappa shape index (κ2) is 6.84. The number of hydrogen-bond acceptors (Lipinski definition) is 5. The number of nitrogens with zero attached hydrogens (tertiary/aromatic N) is 1. The Labute approximate surface area is 156 Å². The van der Waals surface area contributed by atoms with Gasteiger partial charge in [-0.3, -0.25) is 4.79 Å². The molecular weight excluding hydrogens is 340 g/mol. The molecule has 2 aromatic carbocycles. The molecule has 1 amide bonds. The summed E-state index contributed by atoms with van der Waals surface area (Å²) in [5.41, 5.74) is 7.55. The van der Waals surface area contributed by atoms with Gasteiger partial charge in [-0.25, -0.2) is 4.98 Å². The van der Waals surface area contributed by atoms with E-state index in [9.17, 15) is 4.79 Å². The SMILES string of the molecule is Nc1ccccc1C1(c2ccccc2)NC(C(=O)Nc2ccccn2)=CO1. The van der Waals surface area contributed by atoms with Crippen molar-refractivity contribution in [3.63, 3.8) is 0 Å². The minimum Gasteiger partial charge on any atom is -0.465 e. The first kappa shape index (κ1) is 16.7. The molecule has 1 aliphatic rings. The molecule has 6 heteroatoms. The lowest BCUT2D eigenvalue weighted by Crippen LogP contribution is -2.42. The maximum Gasteiger partial charge on any atom is 0.276 e. The molecule has 0 aliphatic carbocycles. The van der Waals surface area contributed by atoms with E-state index in [0.717, 1.165) is 11.1 Å². The summed E-state index contributed by atoms with van der Waals surface area (Å²) in [4.78, 5) is 16.8. The van der Waals surface area contributed by atoms with E-state index in [0.29, 0.717) is 11.5 Å². The van der Waals surface area contributed by atoms with E-state index in [1.807, 2.05) is 48.5 Å². The third-order valence-electron chi connectivity index (χ3n) is 4.34. The van der Waals surface area contributed by atoms with Gasteiger partial charge in [0.2, 0.25) is 5.72 Å². The van der Waals surface area contributed by atoms with E-state index in [1.54, 1.807) is 30.5 Å². The summed E-state index contributed by atoms with van der Waals surface area (Å²) in [6, 6.07) is 22.3. The minimum atomic E-state index is -1.08. The van der Waals surface area contributed by atoms with Crippen LogP contribution in [0, 0.1) is 0 Å². The summed E-state index contributed by atoms with van der Waals surface area (Å²) in [5, 5.41) is 5.96. The number of para-hydroxylation sites is 1. The largest absolute Gasteiger partial charge is 0.465 e. The normalized spacial score (nSPS) is 18.1. The first-order chi connectivity index (χ1) is 13.2. The van der Waals surface area contributed by atoms with Gasteiger partial charge in [-0.1, -0.05) is 54.6 Å². The first-order valence-corrected chi connectivity index (χ1v) is 8.48. The van der Waals surface area contributed by atoms with Crippen molar-refractivity contribution >= 4 is 17.4 Å². The Kier molecular flexibility index (Phi) is 4.22. The molecule has 0 bridgehead atoms. The highest BCUT2D eigenvalue weighted by Crippen LogP contribution is 2.38. The number of pyridine rings is 1. The second-order valence-electron chi connectivity index (χ2n) is 6.08. The number of carbonyl (C=O) groups is 1. The molecule has 1 atom stereocenters. The van der Waals surface area contributed by atoms with Crippen molar-refractivity contribution in [3.8, 4) is 0 Å². The van der Waals surface area contributed by atoms with Crippen LogP contribution in [-0.4, -0.2) is 10.9 Å². The third kappa shape index (κ3) is 3.08. The standard InChI is InChI=1S/C21H18N4O2/c22-17-11-5-4-10-16(17)21(15-8-2-1-3-9-15)25-18(14-27-21)20(26)24-19-12-6-7-13-23-19/h1-14,25H,22H2,(H,23,24,26). The lowest BCUT2D eigenvalue weighted by Gasteiger charge is -2.31. The van der Waals surface area contributed by atoms with Crippen LogP contribution in [0.1, 0.15) is 11.1 Å². The van der Waals surface area contributed by atoms with Gasteiger partial charge in [0.15, 0.2) is 0 Å². The number of anilines is 2. The van der Waals surface area contributed by atoms with Gasteiger partial charge in [0, 0.05) is 23.0 Å². The number of amides is 1. The summed E-state index contributed by atoms with van der Waals surface area (Å²) < 4.78 is 6.03. The molecule has 134 valence electrons. The molecule has 0 spiro atoms. The molecule has 1 unspecified atom stereocenters. The highest BCUT2D eigenvalue weighted by Gasteiger charge is 2.43. The molecule has 0 radical (unpaired) electrons. The smallest absolute Gasteiger partial charge is 0.276 e. The van der Waals surface area contributed by atoms with Crippen molar-refractivity contribution in [1.29, 1.82) is 0 Å². The van der Waals surface area contributed by atoms with Gasteiger partial charge in [0.1, 0.15) is 17.8 Å². The predicted octanol–water partition coefficient (Wildman–Crippen LogP) is 2.96. The number of rotatable bonds is 4. The first-order valence-electron chi connectivity index (χ1n) is 8.48. The average Bonchev–Trinajstić information content (AvgIpc) is 3.16. The summed E-state index contributed by atoms with van der Waals surface area (Å²) in [7, 11) is 0. The maximum atomic E-state index is 12.7. The fourth-order valence-corrected chi connectivity index (χ4v) is 3.04. The summed E-state index contributed by atoms with van der Waals surface area (Å²) in [6.45, 7) is 0. The zero-order chi connectivity index (χ0) is 18.7. The Hall–Kier alpha value is -3.80. The molecule has 4 N–H and O–H groups in total. The number of benzene rings is 2. The van der Waals surface area contributed by atoms with E-state index >= 15 is 0 Å². The van der Waals surface area contributed by atoms with E-state index in [4.69, 9.17) is 10.5 Å². The molecule has 0 fully saturated rings. The number of nitrogen functional groups attached to an aromatic ring is 1. The van der Waals surface area contributed by atoms with Gasteiger partial charge < -0.3 is 21.1 Å². The van der Waals surface area contributed by atoms with Crippen LogP contribution in [0.25, 0.3) is 0 Å². The lowest BCUT2D eigenvalue weighted by molar-refractivity contribution is -0.113. The van der Waals surface area contributed by atoms with Crippen molar-refractivity contribution in [1.82, 2.24) is 10.3 Å². The quantitative estimate of drug-likeness (QED) is 0.624. The molecule has 27 heavy (non-hydrogen) atoms. The van der Waals surface area contributed by atoms with Gasteiger partial charge in [-0.15, -0.1) is 0 Å². The van der Waals surface area contributed by atoms with E-state index in [2.05, 4.69) is 15.6 Å². The molecule has 2 heterocycles. The fraction of sp³-hybridized carbons (Fsp3) is 0.0476. The Morgan fingerprint density at radius 2 is 1.74 bits per heavy atom. The zero-order valence-corrected chi connectivity index (χ0v) is 14.4. The number of nitrogens with two attached hydrogens (primary N) is 1. The Morgan fingerprint density at radius 3 is 2.48 bits per heavy atom. The summed E-state index contributed by atoms with van der Waals surface area (Å²) in [6.07, 6.45) is 3.03. The number of ether oxygens (including phenoxy) is 1. The van der Waals surface area contributed by atoms with Crippen molar-refractivity contribution in [3.05, 3.63) is 102 Å². The zero-order valence-electron chi connectivity index (χ0n) is 14.4. The van der Waals surface area contributed by atoms with Gasteiger partial charge in [-0.05, 0) is 18.2 Å². The van der Waals surface area contributed by atoms with Gasteiger partial charge in [0.25, 0.3) is 5.91 Å². The highest BCUT2D eigenvalue weighted by molar-refractivity contribution is 6.03. The van der Waals surface area contributed by atoms with Crippen LogP contribution in [0.4, 0.5) is 11.5 Å². The third-order valence-corrected chi connectivity index (χ3v) is 4.34. The van der Waals surface area contributed by atoms with Gasteiger partial charge in [-0.2, -0.15) is 0 Å². The topological polar surface area (TPSA) is 89.3 Å². The maximum absolute atomic E-state index is 12.7. The molecule has 3 aromatic rings. The van der Waals surface area contributed by atoms with Crippen LogP contribution in [-0.2, 0) is 15.3 Å². The number of carbonyl (C=O) groups excluding carboxylic acids is 1. The molecule has 6 nitrogen and oxygen atoms in total. The molecular formula is C21H18N4O2. The van der Waals surface area contributed by atoms with Crippen molar-refractivity contribution in [2.75, 3.05) is 11.1 Å². The van der Waals surface area contributed by atoms with Gasteiger partial charge in [0.05, 0.1) is 0 Å². The van der Waals surface area contributed by atoms with Gasteiger partial charge >= 0.3 is 0 Å². The number of hydrogen-bond donors (Lipinski definition) is 3. The summed E-state index contributed by atoms with van der Waals surface area (Å²) >= 11 is 0. The molecule has 4 rings (SSSR count).